The van der Waals surface area contributed by atoms with Crippen molar-refractivity contribution in [2.45, 2.75) is 12.6 Å². The summed E-state index contributed by atoms with van der Waals surface area (Å²) in [5.74, 6) is -1.06. The molecule has 2 rings (SSSR count). The van der Waals surface area contributed by atoms with Crippen LogP contribution < -0.4 is 5.30 Å². The summed E-state index contributed by atoms with van der Waals surface area (Å²) in [6, 6.07) is 10.8. The summed E-state index contributed by atoms with van der Waals surface area (Å²) in [5.41, 5.74) is 0.690. The Bertz CT molecular complexity index is 320. The maximum absolute atomic E-state index is 3.97. The molecule has 13 heavy (non-hydrogen) atoms. The first-order valence-corrected chi connectivity index (χ1v) is 8.59. The molecule has 1 aromatic rings. The van der Waals surface area contributed by atoms with Crippen molar-refractivity contribution in [3.63, 3.8) is 0 Å². The van der Waals surface area contributed by atoms with Gasteiger partial charge in [0.1, 0.15) is 26.8 Å². The molecule has 2 heteroatoms. The zero-order valence-corrected chi connectivity index (χ0v) is 10.1. The number of halogens is 1. The van der Waals surface area contributed by atoms with Crippen molar-refractivity contribution in [3.8, 4) is 0 Å². The van der Waals surface area contributed by atoms with Crippen LogP contribution in [0.25, 0.3) is 0 Å². The molecular weight excluding hydrogens is 243 g/mol. The van der Waals surface area contributed by atoms with Crippen molar-refractivity contribution in [1.29, 1.82) is 0 Å². The molecule has 1 aromatic carbocycles. The van der Waals surface area contributed by atoms with E-state index in [2.05, 4.69) is 64.9 Å². The van der Waals surface area contributed by atoms with E-state index in [9.17, 15) is 0 Å². The molecule has 0 fully saturated rings. The van der Waals surface area contributed by atoms with Gasteiger partial charge in [0.25, 0.3) is 0 Å². The fraction of sp³-hybridized carbons (Fsp3) is 0.273. The van der Waals surface area contributed by atoms with Gasteiger partial charge in [0.15, 0.2) is 0 Å². The standard InChI is InChI=1S/C11H13BrP/c1-10-6-5-9-13(10,12)11-7-3-2-4-8-11/h2-8,10H,9H2,1H3/q+1. The fourth-order valence-electron chi connectivity index (χ4n) is 1.73. The Balaban J connectivity index is 2.36. The quantitative estimate of drug-likeness (QED) is 0.532. The minimum Gasteiger partial charge on any atom is -0.0620 e. The van der Waals surface area contributed by atoms with Crippen molar-refractivity contribution in [3.05, 3.63) is 42.5 Å². The van der Waals surface area contributed by atoms with E-state index in [1.807, 2.05) is 0 Å². The van der Waals surface area contributed by atoms with Gasteiger partial charge in [0, 0.05) is 0 Å². The Morgan fingerprint density at radius 1 is 1.31 bits per heavy atom. The minimum absolute atomic E-state index is 0.690. The second-order valence-electron chi connectivity index (χ2n) is 3.46. The van der Waals surface area contributed by atoms with Crippen LogP contribution in [0.4, 0.5) is 0 Å². The highest BCUT2D eigenvalue weighted by atomic mass is 79.9. The highest BCUT2D eigenvalue weighted by Crippen LogP contribution is 2.71. The highest BCUT2D eigenvalue weighted by molar-refractivity contribution is 9.43. The SMILES string of the molecule is CC1C=CC[P+]1(Br)c1ccccc1. The van der Waals surface area contributed by atoms with E-state index in [1.54, 1.807) is 0 Å². The van der Waals surface area contributed by atoms with Crippen molar-refractivity contribution in [1.82, 2.24) is 0 Å². The van der Waals surface area contributed by atoms with Crippen LogP contribution in [0.3, 0.4) is 0 Å². The molecule has 2 atom stereocenters. The first kappa shape index (κ1) is 9.43. The Morgan fingerprint density at radius 3 is 2.54 bits per heavy atom. The maximum Gasteiger partial charge on any atom is 0.146 e. The molecule has 0 saturated heterocycles. The lowest BCUT2D eigenvalue weighted by Crippen LogP contribution is -2.13. The third-order valence-corrected chi connectivity index (χ3v) is 10.0. The molecule has 1 aliphatic heterocycles. The minimum atomic E-state index is -1.06. The second-order valence-corrected chi connectivity index (χ2v) is 10.5. The molecule has 0 bridgehead atoms. The van der Waals surface area contributed by atoms with E-state index in [-0.39, 0.29) is 0 Å². The van der Waals surface area contributed by atoms with Crippen molar-refractivity contribution in [2.24, 2.45) is 0 Å². The van der Waals surface area contributed by atoms with Crippen molar-refractivity contribution in [2.75, 3.05) is 6.16 Å². The topological polar surface area (TPSA) is 0 Å². The zero-order valence-electron chi connectivity index (χ0n) is 7.65. The first-order valence-electron chi connectivity index (χ1n) is 4.53. The molecule has 0 saturated carbocycles. The largest absolute Gasteiger partial charge is 0.146 e. The van der Waals surface area contributed by atoms with Crippen LogP contribution >= 0.6 is 21.5 Å². The van der Waals surface area contributed by atoms with Gasteiger partial charge in [0.2, 0.25) is 0 Å². The van der Waals surface area contributed by atoms with E-state index in [4.69, 9.17) is 0 Å². The van der Waals surface area contributed by atoms with Gasteiger partial charge in [-0.15, -0.1) is 0 Å². The Morgan fingerprint density at radius 2 is 2.00 bits per heavy atom. The predicted molar refractivity (Wildman–Crippen MR) is 65.4 cm³/mol. The molecule has 1 heterocycles. The van der Waals surface area contributed by atoms with Crippen LogP contribution in [0.15, 0.2) is 42.5 Å². The molecule has 0 N–H and O–H groups in total. The van der Waals surface area contributed by atoms with Crippen LogP contribution in [0.1, 0.15) is 6.92 Å². The summed E-state index contributed by atoms with van der Waals surface area (Å²) in [4.78, 5) is 0. The summed E-state index contributed by atoms with van der Waals surface area (Å²) in [7, 11) is 0. The molecule has 0 nitrogen and oxygen atoms in total. The smallest absolute Gasteiger partial charge is 0.0620 e. The Hall–Kier alpha value is -0.130. The Kier molecular flexibility index (Phi) is 2.58. The fourth-order valence-corrected chi connectivity index (χ4v) is 5.86. The number of hydrogen-bond donors (Lipinski definition) is 0. The first-order chi connectivity index (χ1) is 6.23. The number of allylic oxidation sites excluding steroid dienone is 2. The summed E-state index contributed by atoms with van der Waals surface area (Å²) in [6.07, 6.45) is 5.84. The van der Waals surface area contributed by atoms with Crippen LogP contribution in [-0.2, 0) is 0 Å². The van der Waals surface area contributed by atoms with Gasteiger partial charge in [-0.05, 0) is 31.2 Å². The molecule has 0 aromatic heterocycles. The lowest BCUT2D eigenvalue weighted by molar-refractivity contribution is 1.25. The Labute approximate surface area is 88.1 Å². The van der Waals surface area contributed by atoms with E-state index in [0.29, 0.717) is 5.66 Å². The van der Waals surface area contributed by atoms with Gasteiger partial charge >= 0.3 is 0 Å². The number of hydrogen-bond acceptors (Lipinski definition) is 0. The van der Waals surface area contributed by atoms with Gasteiger partial charge in [-0.25, -0.2) is 0 Å². The van der Waals surface area contributed by atoms with E-state index >= 15 is 0 Å². The lowest BCUT2D eigenvalue weighted by Gasteiger charge is -2.18. The third-order valence-electron chi connectivity index (χ3n) is 2.62. The molecular formula is C11H13BrP+. The molecule has 68 valence electrons. The average molecular weight is 256 g/mol. The van der Waals surface area contributed by atoms with Gasteiger partial charge < -0.3 is 0 Å². The zero-order chi connectivity index (χ0) is 9.31. The monoisotopic (exact) mass is 255 g/mol. The third kappa shape index (κ3) is 1.60. The van der Waals surface area contributed by atoms with E-state index < -0.39 is 5.96 Å². The lowest BCUT2D eigenvalue weighted by atomic mass is 10.4. The summed E-state index contributed by atoms with van der Waals surface area (Å²) in [5, 5.41) is 1.49. The average Bonchev–Trinajstić information content (AvgIpc) is 2.50. The predicted octanol–water partition coefficient (Wildman–Crippen LogP) is 3.60. The second kappa shape index (κ2) is 3.55. The van der Waals surface area contributed by atoms with Crippen LogP contribution in [0, 0.1) is 0 Å². The van der Waals surface area contributed by atoms with Crippen molar-refractivity contribution < 1.29 is 0 Å². The summed E-state index contributed by atoms with van der Waals surface area (Å²) >= 11 is 3.97. The van der Waals surface area contributed by atoms with Crippen LogP contribution in [0.2, 0.25) is 0 Å². The molecule has 0 aliphatic carbocycles. The highest BCUT2D eigenvalue weighted by Gasteiger charge is 2.44. The number of benzene rings is 1. The van der Waals surface area contributed by atoms with Gasteiger partial charge in [0.05, 0.1) is 11.8 Å². The molecule has 1 aliphatic rings. The van der Waals surface area contributed by atoms with Gasteiger partial charge in [-0.3, -0.25) is 0 Å². The number of rotatable bonds is 1. The molecule has 0 amide bonds. The van der Waals surface area contributed by atoms with Gasteiger partial charge in [-0.2, -0.15) is 0 Å². The summed E-state index contributed by atoms with van der Waals surface area (Å²) in [6.45, 7) is 2.30. The molecule has 0 spiro atoms. The summed E-state index contributed by atoms with van der Waals surface area (Å²) < 4.78 is 0. The molecule has 2 unspecified atom stereocenters. The maximum atomic E-state index is 3.97. The van der Waals surface area contributed by atoms with Crippen LogP contribution in [-0.4, -0.2) is 11.8 Å². The van der Waals surface area contributed by atoms with Crippen LogP contribution in [0.5, 0.6) is 0 Å². The van der Waals surface area contributed by atoms with E-state index in [0.717, 1.165) is 0 Å². The van der Waals surface area contributed by atoms with Crippen molar-refractivity contribution >= 4 is 26.8 Å². The molecule has 0 radical (unpaired) electrons. The van der Waals surface area contributed by atoms with Gasteiger partial charge in [-0.1, -0.05) is 18.2 Å². The normalized spacial score (nSPS) is 32.3. The van der Waals surface area contributed by atoms with E-state index in [1.165, 1.54) is 11.5 Å².